The number of benzene rings is 1. The molecule has 0 aliphatic carbocycles. The maximum atomic E-state index is 14.4. The Labute approximate surface area is 497 Å². The van der Waals surface area contributed by atoms with Crippen LogP contribution in [0.3, 0.4) is 0 Å². The van der Waals surface area contributed by atoms with Gasteiger partial charge in [0.05, 0.1) is 24.7 Å². The summed E-state index contributed by atoms with van der Waals surface area (Å²) in [5.41, 5.74) is 30.1. The highest BCUT2D eigenvalue weighted by molar-refractivity contribution is 5.97. The minimum absolute atomic E-state index is 0.0193. The number of rotatable bonds is 28. The molecule has 0 aromatic heterocycles. The van der Waals surface area contributed by atoms with Crippen LogP contribution in [-0.2, 0) is 63.9 Å². The van der Waals surface area contributed by atoms with E-state index < -0.39 is 144 Å². The van der Waals surface area contributed by atoms with Crippen LogP contribution in [0.15, 0.2) is 30.3 Å². The van der Waals surface area contributed by atoms with E-state index in [9.17, 15) is 63.0 Å². The summed E-state index contributed by atoms with van der Waals surface area (Å²) < 4.78 is 5.23. The van der Waals surface area contributed by atoms with Crippen molar-refractivity contribution in [3.05, 3.63) is 35.9 Å². The Morgan fingerprint density at radius 2 is 1.14 bits per heavy atom. The van der Waals surface area contributed by atoms with Gasteiger partial charge in [-0.15, -0.1) is 0 Å². The van der Waals surface area contributed by atoms with Gasteiger partial charge in [-0.3, -0.25) is 52.7 Å². The molecule has 0 spiro atoms. The molecule has 0 radical (unpaired) electrons. The minimum atomic E-state index is -1.70. The standard InChI is InChI=1S/C55H96N16O14/c1-7-11-44(75)85-31(4)27-43(74)64-37(15-21-57)50(79)71-46(33(6)73)55(84)67-38(16-22-58)48(77)63-35-19-25-61-54(83)45(32(5)72)70-51(80)40(18-24-60)65-49(78)39(17-23-59)66-52(81)41(26-30(2)3)68-53(82)42(28-34-12-9-8-10-13-34)69-47(76)36(14-20-56)62-29-35/h8-10,12-13,30-33,35-42,45-46,62,72-73H,7,11,14-29,56-60H2,1-6H3,(H,61,83)(H,63,77)(H,64,74)(H,65,78)(H,66,81)(H,67,84)(H,68,82)(H,69,76)(H,70,80)(H,71,79)/t31?,32-,33?,35-,36-,37-,38-,39-,40-,41-,42+,45-,46-/m0/s1. The van der Waals surface area contributed by atoms with Gasteiger partial charge in [-0.25, -0.2) is 0 Å². The lowest BCUT2D eigenvalue weighted by atomic mass is 10.00. The maximum absolute atomic E-state index is 14.4. The zero-order valence-corrected chi connectivity index (χ0v) is 49.9. The van der Waals surface area contributed by atoms with Crippen molar-refractivity contribution >= 4 is 65.0 Å². The average molecular weight is 1210 g/mol. The molecule has 13 atom stereocenters. The van der Waals surface area contributed by atoms with Crippen molar-refractivity contribution in [2.45, 2.75) is 191 Å². The number of carbonyl (C=O) groups excluding carboxylic acids is 11. The molecule has 85 heavy (non-hydrogen) atoms. The van der Waals surface area contributed by atoms with Crippen molar-refractivity contribution in [3.63, 3.8) is 0 Å². The van der Waals surface area contributed by atoms with Gasteiger partial charge >= 0.3 is 5.97 Å². The fourth-order valence-corrected chi connectivity index (χ4v) is 9.00. The van der Waals surface area contributed by atoms with Crippen molar-refractivity contribution in [2.75, 3.05) is 45.8 Å². The Bertz CT molecular complexity index is 2320. The molecule has 1 aromatic carbocycles. The van der Waals surface area contributed by atoms with Gasteiger partial charge in [0.15, 0.2) is 0 Å². The summed E-state index contributed by atoms with van der Waals surface area (Å²) in [4.78, 5) is 151. The quantitative estimate of drug-likeness (QED) is 0.0347. The van der Waals surface area contributed by atoms with Crippen molar-refractivity contribution < 1.29 is 67.7 Å². The van der Waals surface area contributed by atoms with Gasteiger partial charge in [-0.1, -0.05) is 51.1 Å². The van der Waals surface area contributed by atoms with Gasteiger partial charge in [0.1, 0.15) is 54.4 Å². The number of ether oxygens (including phenoxy) is 1. The SMILES string of the molecule is CCCC(=O)OC(C)CC(=O)N[C@@H](CCN)C(=O)N[C@H](C(=O)N[C@@H](CCN)C(=O)N[C@H]1CCNC(=O)[C@H]([C@H](C)O)NC(=O)[C@H](CCN)NC(=O)[C@H](CCN)NC(=O)[C@H](CC(C)C)NC(=O)[C@@H](Cc2ccccc2)NC(=O)[C@H](CCN)NC1)C(C)O. The highest BCUT2D eigenvalue weighted by Crippen LogP contribution is 2.12. The summed E-state index contributed by atoms with van der Waals surface area (Å²) >= 11 is 0. The van der Waals surface area contributed by atoms with Crippen LogP contribution in [0.25, 0.3) is 0 Å². The molecule has 1 aliphatic heterocycles. The van der Waals surface area contributed by atoms with Crippen molar-refractivity contribution in [2.24, 2.45) is 34.6 Å². The highest BCUT2D eigenvalue weighted by atomic mass is 16.5. The Hall–Kier alpha value is -6.93. The number of amides is 10. The molecule has 30 nitrogen and oxygen atoms in total. The third-order valence-electron chi connectivity index (χ3n) is 13.5. The first-order valence-electron chi connectivity index (χ1n) is 29.2. The number of aliphatic hydroxyl groups excluding tert-OH is 2. The third kappa shape index (κ3) is 27.3. The molecule has 23 N–H and O–H groups in total. The lowest BCUT2D eigenvalue weighted by molar-refractivity contribution is -0.149. The molecule has 10 amide bonds. The van der Waals surface area contributed by atoms with E-state index >= 15 is 0 Å². The molecule has 1 aliphatic rings. The molecular weight excluding hydrogens is 1110 g/mol. The maximum Gasteiger partial charge on any atom is 0.306 e. The second kappa shape index (κ2) is 39.6. The molecule has 30 heteroatoms. The van der Waals surface area contributed by atoms with Gasteiger partial charge in [0, 0.05) is 32.0 Å². The second-order valence-corrected chi connectivity index (χ2v) is 21.6. The first kappa shape index (κ1) is 74.2. The largest absolute Gasteiger partial charge is 0.462 e. The van der Waals surface area contributed by atoms with Gasteiger partial charge in [-0.05, 0) is 116 Å². The number of hydrogen-bond acceptors (Lipinski definition) is 20. The van der Waals surface area contributed by atoms with E-state index in [1.807, 2.05) is 13.8 Å². The summed E-state index contributed by atoms with van der Waals surface area (Å²) in [6.07, 6.45) is -4.19. The van der Waals surface area contributed by atoms with E-state index in [1.165, 1.54) is 20.8 Å². The fraction of sp³-hybridized carbons (Fsp3) is 0.691. The van der Waals surface area contributed by atoms with E-state index in [4.69, 9.17) is 33.4 Å². The Morgan fingerprint density at radius 3 is 1.68 bits per heavy atom. The summed E-state index contributed by atoms with van der Waals surface area (Å²) in [6.45, 7) is 8.33. The molecule has 1 aromatic rings. The van der Waals surface area contributed by atoms with Gasteiger partial charge in [-0.2, -0.15) is 0 Å². The number of esters is 1. The molecule has 0 saturated carbocycles. The molecule has 480 valence electrons. The summed E-state index contributed by atoms with van der Waals surface area (Å²) in [5.74, 6) is -9.01. The minimum Gasteiger partial charge on any atom is -0.462 e. The smallest absolute Gasteiger partial charge is 0.306 e. The van der Waals surface area contributed by atoms with Gasteiger partial charge in [0.25, 0.3) is 0 Å². The summed E-state index contributed by atoms with van der Waals surface area (Å²) in [7, 11) is 0. The topological polar surface area (TPSA) is 500 Å². The zero-order chi connectivity index (χ0) is 63.8. The van der Waals surface area contributed by atoms with Gasteiger partial charge < -0.3 is 102 Å². The molecule has 0 bridgehead atoms. The number of nitrogens with one attached hydrogen (secondary N) is 11. The number of carbonyl (C=O) groups is 11. The average Bonchev–Trinajstić information content (AvgIpc) is 3.67. The molecular formula is C55H96N16O14. The van der Waals surface area contributed by atoms with Crippen molar-refractivity contribution in [1.82, 2.24) is 58.5 Å². The van der Waals surface area contributed by atoms with Crippen LogP contribution in [0.1, 0.15) is 111 Å². The molecule has 1 fully saturated rings. The number of aliphatic hydroxyl groups is 2. The Kier molecular flexibility index (Phi) is 34.6. The number of nitrogens with two attached hydrogens (primary N) is 5. The second-order valence-electron chi connectivity index (χ2n) is 21.6. The molecule has 2 rings (SSSR count). The van der Waals surface area contributed by atoms with E-state index in [0.717, 1.165) is 0 Å². The van der Waals surface area contributed by atoms with Gasteiger partial charge in [0.2, 0.25) is 59.1 Å². The highest BCUT2D eigenvalue weighted by Gasteiger charge is 2.37. The molecule has 2 unspecified atom stereocenters. The van der Waals surface area contributed by atoms with Crippen LogP contribution >= 0.6 is 0 Å². The lowest BCUT2D eigenvalue weighted by Crippen LogP contribution is -2.61. The third-order valence-corrected chi connectivity index (χ3v) is 13.5. The van der Waals surface area contributed by atoms with Crippen LogP contribution in [0.4, 0.5) is 0 Å². The first-order chi connectivity index (χ1) is 40.3. The van der Waals surface area contributed by atoms with Crippen molar-refractivity contribution in [3.8, 4) is 0 Å². The molecule has 1 heterocycles. The fourth-order valence-electron chi connectivity index (χ4n) is 9.00. The van der Waals surface area contributed by atoms with Crippen LogP contribution < -0.4 is 87.2 Å². The summed E-state index contributed by atoms with van der Waals surface area (Å²) in [5, 5.41) is 50.7. The van der Waals surface area contributed by atoms with Crippen molar-refractivity contribution in [1.29, 1.82) is 0 Å². The summed E-state index contributed by atoms with van der Waals surface area (Å²) in [6, 6.07) is -4.78. The predicted molar refractivity (Wildman–Crippen MR) is 313 cm³/mol. The number of hydrogen-bond donors (Lipinski definition) is 18. The zero-order valence-electron chi connectivity index (χ0n) is 49.9. The normalized spacial score (nSPS) is 22.9. The van der Waals surface area contributed by atoms with E-state index in [0.29, 0.717) is 12.0 Å². The van der Waals surface area contributed by atoms with Crippen LogP contribution in [0.2, 0.25) is 0 Å². The Balaban J connectivity index is 2.63. The van der Waals surface area contributed by atoms with Crippen LogP contribution in [0, 0.1) is 5.92 Å². The molecule has 1 saturated heterocycles. The van der Waals surface area contributed by atoms with E-state index in [1.54, 1.807) is 37.3 Å². The lowest BCUT2D eigenvalue weighted by Gasteiger charge is -2.29. The van der Waals surface area contributed by atoms with E-state index in [-0.39, 0.29) is 116 Å². The van der Waals surface area contributed by atoms with Crippen LogP contribution in [-0.4, -0.2) is 200 Å². The first-order valence-corrected chi connectivity index (χ1v) is 29.2. The van der Waals surface area contributed by atoms with Crippen LogP contribution in [0.5, 0.6) is 0 Å². The monoisotopic (exact) mass is 1200 g/mol. The predicted octanol–water partition coefficient (Wildman–Crippen LogP) is -6.26. The Morgan fingerprint density at radius 1 is 0.624 bits per heavy atom. The van der Waals surface area contributed by atoms with E-state index in [2.05, 4.69) is 58.5 Å².